The molecule has 1 amide bonds. The van der Waals surface area contributed by atoms with E-state index < -0.39 is 10.8 Å². The second kappa shape index (κ2) is 6.35. The van der Waals surface area contributed by atoms with Gasteiger partial charge in [-0.1, -0.05) is 40.6 Å². The highest BCUT2D eigenvalue weighted by atomic mass is 35.5. The number of halogens is 2. The number of nitrogens with zero attached hydrogens (tertiary/aromatic N) is 2. The highest BCUT2D eigenvalue weighted by Gasteiger charge is 2.18. The number of rotatable bonds is 3. The van der Waals surface area contributed by atoms with E-state index >= 15 is 0 Å². The Morgan fingerprint density at radius 2 is 1.96 bits per heavy atom. The first-order valence-electron chi connectivity index (χ1n) is 6.68. The second-order valence-corrected chi connectivity index (χ2v) is 6.75. The summed E-state index contributed by atoms with van der Waals surface area (Å²) < 4.78 is 0.761. The second-order valence-electron chi connectivity index (χ2n) is 4.94. The summed E-state index contributed by atoms with van der Waals surface area (Å²) in [6, 6.07) is 7.28. The van der Waals surface area contributed by atoms with Crippen molar-refractivity contribution in [1.29, 1.82) is 0 Å². The molecule has 0 saturated carbocycles. The number of nitro groups is 1. The number of hydrogen-bond acceptors (Lipinski definition) is 5. The summed E-state index contributed by atoms with van der Waals surface area (Å²) in [4.78, 5) is 27.0. The molecule has 6 nitrogen and oxygen atoms in total. The molecule has 0 bridgehead atoms. The number of thiazole rings is 1. The van der Waals surface area contributed by atoms with Gasteiger partial charge in [0.15, 0.2) is 5.13 Å². The molecule has 0 aliphatic heterocycles. The minimum atomic E-state index is -0.589. The lowest BCUT2D eigenvalue weighted by Crippen LogP contribution is -2.12. The van der Waals surface area contributed by atoms with Crippen LogP contribution in [0.4, 0.5) is 10.8 Å². The molecule has 0 fully saturated rings. The lowest BCUT2D eigenvalue weighted by atomic mass is 10.2. The maximum atomic E-state index is 12.4. The van der Waals surface area contributed by atoms with Crippen molar-refractivity contribution in [3.8, 4) is 0 Å². The van der Waals surface area contributed by atoms with E-state index in [4.69, 9.17) is 23.2 Å². The van der Waals surface area contributed by atoms with Crippen LogP contribution in [-0.2, 0) is 0 Å². The molecule has 2 aromatic carbocycles. The summed E-state index contributed by atoms with van der Waals surface area (Å²) >= 11 is 13.3. The van der Waals surface area contributed by atoms with Crippen molar-refractivity contribution in [3.63, 3.8) is 0 Å². The molecule has 0 spiro atoms. The molecule has 0 radical (unpaired) electrons. The van der Waals surface area contributed by atoms with Crippen molar-refractivity contribution in [2.24, 2.45) is 0 Å². The fraction of sp³-hybridized carbons (Fsp3) is 0.0667. The Morgan fingerprint density at radius 3 is 2.62 bits per heavy atom. The summed E-state index contributed by atoms with van der Waals surface area (Å²) in [5, 5.41) is 14.5. The number of aromatic nitrogens is 1. The van der Waals surface area contributed by atoms with Crippen molar-refractivity contribution in [2.45, 2.75) is 6.92 Å². The average Bonchev–Trinajstić information content (AvgIpc) is 2.96. The van der Waals surface area contributed by atoms with Crippen molar-refractivity contribution in [2.75, 3.05) is 5.32 Å². The zero-order chi connectivity index (χ0) is 17.4. The van der Waals surface area contributed by atoms with Crippen molar-refractivity contribution in [3.05, 3.63) is 61.6 Å². The number of hydrogen-bond donors (Lipinski definition) is 1. The monoisotopic (exact) mass is 381 g/mol. The highest BCUT2D eigenvalue weighted by Crippen LogP contribution is 2.34. The molecule has 1 aromatic heterocycles. The average molecular weight is 382 g/mol. The lowest BCUT2D eigenvalue weighted by molar-refractivity contribution is -0.384. The first-order valence-corrected chi connectivity index (χ1v) is 8.25. The summed E-state index contributed by atoms with van der Waals surface area (Å²) in [7, 11) is 0. The van der Waals surface area contributed by atoms with Crippen LogP contribution in [0.5, 0.6) is 0 Å². The Hall–Kier alpha value is -2.22. The van der Waals surface area contributed by atoms with E-state index in [1.54, 1.807) is 6.07 Å². The zero-order valence-electron chi connectivity index (χ0n) is 12.2. The van der Waals surface area contributed by atoms with Crippen LogP contribution in [0.3, 0.4) is 0 Å². The molecule has 1 heterocycles. The molecule has 3 rings (SSSR count). The molecule has 1 N–H and O–H groups in total. The molecule has 24 heavy (non-hydrogen) atoms. The van der Waals surface area contributed by atoms with Crippen molar-refractivity contribution < 1.29 is 9.72 Å². The van der Waals surface area contributed by atoms with E-state index in [2.05, 4.69) is 10.3 Å². The predicted octanol–water partition coefficient (Wildman–Crippen LogP) is 5.07. The van der Waals surface area contributed by atoms with Crippen LogP contribution < -0.4 is 5.32 Å². The van der Waals surface area contributed by atoms with E-state index in [9.17, 15) is 14.9 Å². The molecule has 0 unspecified atom stereocenters. The molecule has 0 aliphatic rings. The van der Waals surface area contributed by atoms with E-state index in [1.165, 1.54) is 23.5 Å². The predicted molar refractivity (Wildman–Crippen MR) is 95.4 cm³/mol. The van der Waals surface area contributed by atoms with Crippen LogP contribution >= 0.6 is 34.5 Å². The quantitative estimate of drug-likeness (QED) is 0.506. The first-order chi connectivity index (χ1) is 11.4. The Balaban J connectivity index is 1.96. The van der Waals surface area contributed by atoms with Crippen molar-refractivity contribution in [1.82, 2.24) is 4.98 Å². The van der Waals surface area contributed by atoms with E-state index in [0.717, 1.165) is 16.3 Å². The van der Waals surface area contributed by atoms with Gasteiger partial charge in [-0.25, -0.2) is 4.98 Å². The molecule has 0 saturated heterocycles. The molecule has 9 heteroatoms. The van der Waals surface area contributed by atoms with Gasteiger partial charge in [0.05, 0.1) is 30.7 Å². The Bertz CT molecular complexity index is 948. The van der Waals surface area contributed by atoms with Crippen LogP contribution in [0, 0.1) is 17.0 Å². The molecule has 3 aromatic rings. The fourth-order valence-electron chi connectivity index (χ4n) is 2.12. The van der Waals surface area contributed by atoms with Crippen LogP contribution in [0.1, 0.15) is 15.9 Å². The number of nitrogens with one attached hydrogen (secondary N) is 1. The molecular formula is C15H9Cl2N3O3S. The number of carbonyl (C=O) groups is 1. The third-order valence-electron chi connectivity index (χ3n) is 3.32. The maximum Gasteiger partial charge on any atom is 0.270 e. The summed E-state index contributed by atoms with van der Waals surface area (Å²) in [6.07, 6.45) is 0. The number of carbonyl (C=O) groups excluding carboxylic acids is 1. The summed E-state index contributed by atoms with van der Waals surface area (Å²) in [5.41, 5.74) is 1.42. The van der Waals surface area contributed by atoms with Gasteiger partial charge >= 0.3 is 0 Å². The van der Waals surface area contributed by atoms with Crippen molar-refractivity contribution >= 4 is 61.5 Å². The number of amides is 1. The van der Waals surface area contributed by atoms with Crippen LogP contribution in [0.25, 0.3) is 10.2 Å². The van der Waals surface area contributed by atoms with Gasteiger partial charge in [-0.05, 0) is 24.6 Å². The molecular weight excluding hydrogens is 373 g/mol. The zero-order valence-corrected chi connectivity index (χ0v) is 14.5. The topological polar surface area (TPSA) is 85.1 Å². The van der Waals surface area contributed by atoms with Crippen LogP contribution in [0.2, 0.25) is 10.0 Å². The van der Waals surface area contributed by atoms with Gasteiger partial charge in [0.25, 0.3) is 11.6 Å². The van der Waals surface area contributed by atoms with Crippen LogP contribution in [0.15, 0.2) is 30.3 Å². The number of benzene rings is 2. The summed E-state index contributed by atoms with van der Waals surface area (Å²) in [6.45, 7) is 1.89. The Labute approximate surface area is 150 Å². The minimum Gasteiger partial charge on any atom is -0.298 e. The molecule has 0 aliphatic carbocycles. The minimum absolute atomic E-state index is 0.00735. The normalized spacial score (nSPS) is 10.8. The van der Waals surface area contributed by atoms with E-state index in [0.29, 0.717) is 15.7 Å². The van der Waals surface area contributed by atoms with E-state index in [-0.39, 0.29) is 16.3 Å². The number of fused-ring (bicyclic) bond motifs is 1. The third kappa shape index (κ3) is 3.06. The molecule has 0 atom stereocenters. The lowest BCUT2D eigenvalue weighted by Gasteiger charge is -2.03. The van der Waals surface area contributed by atoms with Gasteiger partial charge in [0.1, 0.15) is 0 Å². The van der Waals surface area contributed by atoms with Gasteiger partial charge in [0, 0.05) is 12.1 Å². The van der Waals surface area contributed by atoms with Gasteiger partial charge < -0.3 is 0 Å². The summed E-state index contributed by atoms with van der Waals surface area (Å²) in [5.74, 6) is -0.573. The Kier molecular flexibility index (Phi) is 4.40. The number of nitro benzene ring substituents is 1. The SMILES string of the molecule is Cc1ccc(Cl)c2sc(NC(=O)c3cc([N+](=O)[O-])ccc3Cl)nc12. The number of non-ortho nitro benzene ring substituents is 1. The van der Waals surface area contributed by atoms with E-state index in [1.807, 2.05) is 13.0 Å². The standard InChI is InChI=1S/C15H9Cl2N3O3S/c1-7-2-4-11(17)13-12(7)18-15(24-13)19-14(21)9-6-8(20(22)23)3-5-10(9)16/h2-6H,1H3,(H,18,19,21). The number of aryl methyl sites for hydroxylation is 1. The van der Waals surface area contributed by atoms with Gasteiger partial charge in [-0.15, -0.1) is 0 Å². The fourth-order valence-corrected chi connectivity index (χ4v) is 3.54. The molecule has 122 valence electrons. The third-order valence-corrected chi connectivity index (χ3v) is 5.08. The van der Waals surface area contributed by atoms with Crippen LogP contribution in [-0.4, -0.2) is 15.8 Å². The largest absolute Gasteiger partial charge is 0.298 e. The highest BCUT2D eigenvalue weighted by molar-refractivity contribution is 7.23. The Morgan fingerprint density at radius 1 is 1.25 bits per heavy atom. The first kappa shape index (κ1) is 16.6. The van der Waals surface area contributed by atoms with Gasteiger partial charge in [-0.2, -0.15) is 0 Å². The smallest absolute Gasteiger partial charge is 0.270 e. The van der Waals surface area contributed by atoms with Gasteiger partial charge in [-0.3, -0.25) is 20.2 Å². The number of anilines is 1. The van der Waals surface area contributed by atoms with Gasteiger partial charge in [0.2, 0.25) is 0 Å². The maximum absolute atomic E-state index is 12.4.